The van der Waals surface area contributed by atoms with Gasteiger partial charge >= 0.3 is 0 Å². The summed E-state index contributed by atoms with van der Waals surface area (Å²) in [6, 6.07) is 15.0. The lowest BCUT2D eigenvalue weighted by Crippen LogP contribution is -2.09. The summed E-state index contributed by atoms with van der Waals surface area (Å²) in [5.74, 6) is -0.759. The molecule has 0 aliphatic heterocycles. The molecule has 7 heteroatoms. The summed E-state index contributed by atoms with van der Waals surface area (Å²) in [4.78, 5) is 8.73. The van der Waals surface area contributed by atoms with E-state index in [-0.39, 0.29) is 11.6 Å². The average Bonchev–Trinajstić information content (AvgIpc) is 2.69. The van der Waals surface area contributed by atoms with Crippen molar-refractivity contribution in [2.45, 2.75) is 6.42 Å². The first-order valence-corrected chi connectivity index (χ1v) is 8.55. The number of nitrogens with one attached hydrogen (secondary N) is 2. The molecule has 2 aromatic carbocycles. The van der Waals surface area contributed by atoms with Gasteiger partial charge in [0.2, 0.25) is 5.95 Å². The number of ether oxygens (including phenoxy) is 1. The molecule has 0 saturated heterocycles. The number of rotatable bonds is 8. The van der Waals surface area contributed by atoms with Crippen molar-refractivity contribution in [3.8, 4) is 11.3 Å². The summed E-state index contributed by atoms with van der Waals surface area (Å²) in [6.45, 7) is 1.27. The van der Waals surface area contributed by atoms with Crippen LogP contribution < -0.4 is 10.6 Å². The zero-order chi connectivity index (χ0) is 19.1. The number of halogens is 2. The SMILES string of the molecule is COCCCNc1cc(-c2ccccc2)nc(Nc2c(F)cccc2F)n1. The van der Waals surface area contributed by atoms with Crippen LogP contribution in [0.4, 0.5) is 26.2 Å². The molecule has 0 aliphatic carbocycles. The number of methoxy groups -OCH3 is 1. The Morgan fingerprint density at radius 2 is 1.70 bits per heavy atom. The second kappa shape index (κ2) is 9.05. The van der Waals surface area contributed by atoms with Gasteiger partial charge < -0.3 is 15.4 Å². The highest BCUT2D eigenvalue weighted by molar-refractivity contribution is 5.66. The Bertz CT molecular complexity index is 870. The molecule has 0 amide bonds. The first-order valence-electron chi connectivity index (χ1n) is 8.55. The lowest BCUT2D eigenvalue weighted by Gasteiger charge is -2.12. The third-order valence-corrected chi connectivity index (χ3v) is 3.83. The summed E-state index contributed by atoms with van der Waals surface area (Å²) < 4.78 is 33.0. The quantitative estimate of drug-likeness (QED) is 0.567. The minimum absolute atomic E-state index is 0.106. The number of hydrogen-bond acceptors (Lipinski definition) is 5. The van der Waals surface area contributed by atoms with Crippen LogP contribution in [0.5, 0.6) is 0 Å². The topological polar surface area (TPSA) is 59.1 Å². The Hall–Kier alpha value is -3.06. The van der Waals surface area contributed by atoms with E-state index in [1.165, 1.54) is 18.2 Å². The number of nitrogens with zero attached hydrogens (tertiary/aromatic N) is 2. The second-order valence-corrected chi connectivity index (χ2v) is 5.82. The minimum Gasteiger partial charge on any atom is -0.385 e. The van der Waals surface area contributed by atoms with Crippen LogP contribution in [0.1, 0.15) is 6.42 Å². The van der Waals surface area contributed by atoms with Crippen molar-refractivity contribution in [2.24, 2.45) is 0 Å². The van der Waals surface area contributed by atoms with Gasteiger partial charge in [0.15, 0.2) is 0 Å². The van der Waals surface area contributed by atoms with Gasteiger partial charge in [-0.3, -0.25) is 0 Å². The van der Waals surface area contributed by atoms with E-state index >= 15 is 0 Å². The summed E-state index contributed by atoms with van der Waals surface area (Å²) in [5, 5.41) is 5.84. The van der Waals surface area contributed by atoms with E-state index in [9.17, 15) is 8.78 Å². The maximum Gasteiger partial charge on any atom is 0.229 e. The Kier molecular flexibility index (Phi) is 6.27. The van der Waals surface area contributed by atoms with E-state index in [0.717, 1.165) is 12.0 Å². The van der Waals surface area contributed by atoms with Crippen molar-refractivity contribution in [1.82, 2.24) is 9.97 Å². The molecule has 27 heavy (non-hydrogen) atoms. The molecule has 0 atom stereocenters. The van der Waals surface area contributed by atoms with Crippen molar-refractivity contribution in [2.75, 3.05) is 30.9 Å². The number of para-hydroxylation sites is 1. The van der Waals surface area contributed by atoms with Crippen LogP contribution in [0.15, 0.2) is 54.6 Å². The molecular formula is C20H20F2N4O. The lowest BCUT2D eigenvalue weighted by atomic mass is 10.1. The summed E-state index contributed by atoms with van der Waals surface area (Å²) in [6.07, 6.45) is 0.797. The molecule has 0 radical (unpaired) electrons. The number of aromatic nitrogens is 2. The fraction of sp³-hybridized carbons (Fsp3) is 0.200. The van der Waals surface area contributed by atoms with Crippen LogP contribution >= 0.6 is 0 Å². The molecule has 0 spiro atoms. The van der Waals surface area contributed by atoms with Crippen LogP contribution in [0.25, 0.3) is 11.3 Å². The van der Waals surface area contributed by atoms with Gasteiger partial charge in [0.25, 0.3) is 0 Å². The maximum atomic E-state index is 14.0. The van der Waals surface area contributed by atoms with E-state index in [2.05, 4.69) is 20.6 Å². The van der Waals surface area contributed by atoms with Crippen LogP contribution in [0.2, 0.25) is 0 Å². The molecular weight excluding hydrogens is 350 g/mol. The molecule has 0 fully saturated rings. The monoisotopic (exact) mass is 370 g/mol. The van der Waals surface area contributed by atoms with Crippen molar-refractivity contribution < 1.29 is 13.5 Å². The van der Waals surface area contributed by atoms with Crippen LogP contribution in [0, 0.1) is 11.6 Å². The Morgan fingerprint density at radius 3 is 2.41 bits per heavy atom. The van der Waals surface area contributed by atoms with Crippen LogP contribution in [0.3, 0.4) is 0 Å². The highest BCUT2D eigenvalue weighted by atomic mass is 19.1. The summed E-state index contributed by atoms with van der Waals surface area (Å²) in [7, 11) is 1.64. The van der Waals surface area contributed by atoms with Gasteiger partial charge in [0.05, 0.1) is 5.69 Å². The molecule has 0 unspecified atom stereocenters. The van der Waals surface area contributed by atoms with Crippen molar-refractivity contribution in [3.63, 3.8) is 0 Å². The van der Waals surface area contributed by atoms with Crippen molar-refractivity contribution >= 4 is 17.5 Å². The van der Waals surface area contributed by atoms with Gasteiger partial charge in [-0.25, -0.2) is 13.8 Å². The summed E-state index contributed by atoms with van der Waals surface area (Å²) in [5.41, 5.74) is 1.23. The largest absolute Gasteiger partial charge is 0.385 e. The van der Waals surface area contributed by atoms with Crippen molar-refractivity contribution in [1.29, 1.82) is 0 Å². The molecule has 140 valence electrons. The average molecular weight is 370 g/mol. The molecule has 1 heterocycles. The lowest BCUT2D eigenvalue weighted by molar-refractivity contribution is 0.198. The van der Waals surface area contributed by atoms with Gasteiger partial charge in [0.1, 0.15) is 23.1 Å². The van der Waals surface area contributed by atoms with E-state index < -0.39 is 11.6 Å². The molecule has 1 aromatic heterocycles. The predicted molar refractivity (Wildman–Crippen MR) is 102 cm³/mol. The second-order valence-electron chi connectivity index (χ2n) is 5.82. The van der Waals surface area contributed by atoms with E-state index in [1.807, 2.05) is 30.3 Å². The minimum atomic E-state index is -0.710. The normalized spacial score (nSPS) is 10.6. The van der Waals surface area contributed by atoms with Gasteiger partial charge in [-0.2, -0.15) is 4.98 Å². The number of hydrogen-bond donors (Lipinski definition) is 2. The smallest absolute Gasteiger partial charge is 0.229 e. The van der Waals surface area contributed by atoms with E-state index in [4.69, 9.17) is 4.74 Å². The first kappa shape index (κ1) is 18.7. The standard InChI is InChI=1S/C20H20F2N4O/c1-27-12-6-11-23-18-13-17(14-7-3-2-4-8-14)24-20(25-18)26-19-15(21)9-5-10-16(19)22/h2-5,7-10,13H,6,11-12H2,1H3,(H2,23,24,25,26). The fourth-order valence-electron chi connectivity index (χ4n) is 2.51. The maximum absolute atomic E-state index is 14.0. The van der Waals surface area contributed by atoms with E-state index in [1.54, 1.807) is 13.2 Å². The third-order valence-electron chi connectivity index (χ3n) is 3.83. The van der Waals surface area contributed by atoms with Crippen LogP contribution in [-0.4, -0.2) is 30.2 Å². The first-order chi connectivity index (χ1) is 13.2. The Balaban J connectivity index is 1.92. The Labute approximate surface area is 156 Å². The van der Waals surface area contributed by atoms with Gasteiger partial charge in [-0.15, -0.1) is 0 Å². The predicted octanol–water partition coefficient (Wildman–Crippen LogP) is 4.61. The summed E-state index contributed by atoms with van der Waals surface area (Å²) >= 11 is 0. The Morgan fingerprint density at radius 1 is 0.963 bits per heavy atom. The zero-order valence-electron chi connectivity index (χ0n) is 14.9. The molecule has 2 N–H and O–H groups in total. The third kappa shape index (κ3) is 4.98. The molecule has 0 aliphatic rings. The molecule has 5 nitrogen and oxygen atoms in total. The zero-order valence-corrected chi connectivity index (χ0v) is 14.9. The molecule has 3 rings (SSSR count). The molecule has 0 saturated carbocycles. The number of benzene rings is 2. The number of anilines is 3. The highest BCUT2D eigenvalue weighted by Crippen LogP contribution is 2.25. The van der Waals surface area contributed by atoms with E-state index in [0.29, 0.717) is 24.7 Å². The van der Waals surface area contributed by atoms with Gasteiger partial charge in [-0.1, -0.05) is 36.4 Å². The van der Waals surface area contributed by atoms with Crippen LogP contribution in [-0.2, 0) is 4.74 Å². The van der Waals surface area contributed by atoms with Gasteiger partial charge in [0, 0.05) is 31.9 Å². The fourth-order valence-corrected chi connectivity index (χ4v) is 2.51. The van der Waals surface area contributed by atoms with Gasteiger partial charge in [-0.05, 0) is 18.6 Å². The molecule has 0 bridgehead atoms. The highest BCUT2D eigenvalue weighted by Gasteiger charge is 2.12. The van der Waals surface area contributed by atoms with Crippen molar-refractivity contribution in [3.05, 3.63) is 66.2 Å². The molecule has 3 aromatic rings.